The van der Waals surface area contributed by atoms with Crippen molar-refractivity contribution in [2.24, 2.45) is 0 Å². The molecule has 190 valence electrons. The number of amides is 1. The molecule has 1 amide bonds. The van der Waals surface area contributed by atoms with Gasteiger partial charge >= 0.3 is 5.97 Å². The Hall–Kier alpha value is -2.78. The van der Waals surface area contributed by atoms with Crippen molar-refractivity contribution in [2.45, 2.75) is 39.7 Å². The van der Waals surface area contributed by atoms with Crippen molar-refractivity contribution in [1.29, 1.82) is 0 Å². The summed E-state index contributed by atoms with van der Waals surface area (Å²) >= 11 is 13.6. The van der Waals surface area contributed by atoms with E-state index in [0.717, 1.165) is 24.2 Å². The van der Waals surface area contributed by atoms with E-state index in [0.29, 0.717) is 29.0 Å². The summed E-state index contributed by atoms with van der Waals surface area (Å²) in [6, 6.07) is 7.84. The summed E-state index contributed by atoms with van der Waals surface area (Å²) in [5.41, 5.74) is 1.65. The van der Waals surface area contributed by atoms with Gasteiger partial charge in [-0.1, -0.05) is 48.7 Å². The zero-order valence-corrected chi connectivity index (χ0v) is 22.2. The van der Waals surface area contributed by atoms with E-state index in [1.807, 2.05) is 6.92 Å². The summed E-state index contributed by atoms with van der Waals surface area (Å²) in [6.45, 7) is 5.84. The molecule has 10 heteroatoms. The molecule has 0 spiro atoms. The zero-order chi connectivity index (χ0) is 26.4. The molecular formula is C26H25Cl2FN2O4S. The third kappa shape index (κ3) is 6.70. The van der Waals surface area contributed by atoms with Crippen LogP contribution in [0.15, 0.2) is 41.3 Å². The summed E-state index contributed by atoms with van der Waals surface area (Å²) in [4.78, 5) is 28.2. The SMILES string of the molecule is CCCCOC(C)c1cccc(-c2csc(NC(=O)c3cc(Cl)c(C=C(C)C(=O)O)c(Cl)c3)n2)c1F. The molecule has 2 aromatic carbocycles. The highest BCUT2D eigenvalue weighted by molar-refractivity contribution is 7.14. The van der Waals surface area contributed by atoms with Crippen LogP contribution in [0.1, 0.15) is 61.2 Å². The second-order valence-corrected chi connectivity index (χ2v) is 9.73. The van der Waals surface area contributed by atoms with Crippen LogP contribution in [0.25, 0.3) is 17.3 Å². The van der Waals surface area contributed by atoms with Crippen molar-refractivity contribution in [1.82, 2.24) is 4.98 Å². The van der Waals surface area contributed by atoms with Crippen LogP contribution in [-0.2, 0) is 9.53 Å². The number of nitrogens with zero attached hydrogens (tertiary/aromatic N) is 1. The Morgan fingerprint density at radius 3 is 2.61 bits per heavy atom. The maximum atomic E-state index is 15.2. The van der Waals surface area contributed by atoms with Crippen molar-refractivity contribution >= 4 is 57.6 Å². The summed E-state index contributed by atoms with van der Waals surface area (Å²) in [5, 5.41) is 13.9. The standard InChI is InChI=1S/C26H25Cl2FN2O4S/c1-4-5-9-35-15(3)17-7-6-8-18(23(17)29)22-13-36-26(30-22)31-24(32)16-11-20(27)19(21(28)12-16)10-14(2)25(33)34/h6-8,10-13,15H,4-5,9H2,1-3H3,(H,33,34)(H,30,31,32). The van der Waals surface area contributed by atoms with Crippen LogP contribution in [0.4, 0.5) is 9.52 Å². The summed E-state index contributed by atoms with van der Waals surface area (Å²) < 4.78 is 21.0. The number of hydrogen-bond acceptors (Lipinski definition) is 5. The third-order valence-corrected chi connectivity index (χ3v) is 6.76. The molecule has 3 rings (SSSR count). The predicted molar refractivity (Wildman–Crippen MR) is 142 cm³/mol. The summed E-state index contributed by atoms with van der Waals surface area (Å²) in [6.07, 6.45) is 2.83. The van der Waals surface area contributed by atoms with E-state index in [-0.39, 0.29) is 26.3 Å². The van der Waals surface area contributed by atoms with Crippen molar-refractivity contribution in [3.05, 3.63) is 73.8 Å². The first-order chi connectivity index (χ1) is 17.1. The number of carbonyl (C=O) groups is 2. The van der Waals surface area contributed by atoms with Gasteiger partial charge in [0.1, 0.15) is 5.82 Å². The van der Waals surface area contributed by atoms with Crippen LogP contribution in [0, 0.1) is 5.82 Å². The Bertz CT molecular complexity index is 1290. The first-order valence-corrected chi connectivity index (χ1v) is 12.8. The number of rotatable bonds is 10. The molecule has 0 aliphatic rings. The normalized spacial score (nSPS) is 12.4. The molecule has 0 radical (unpaired) electrons. The van der Waals surface area contributed by atoms with Crippen molar-refractivity contribution < 1.29 is 23.8 Å². The van der Waals surface area contributed by atoms with E-state index in [9.17, 15) is 9.59 Å². The van der Waals surface area contributed by atoms with Gasteiger partial charge in [0.05, 0.1) is 21.8 Å². The van der Waals surface area contributed by atoms with Gasteiger partial charge in [0.15, 0.2) is 5.13 Å². The molecule has 0 saturated heterocycles. The van der Waals surface area contributed by atoms with E-state index in [2.05, 4.69) is 17.2 Å². The number of aromatic nitrogens is 1. The number of aliphatic carboxylic acids is 1. The molecule has 1 heterocycles. The maximum absolute atomic E-state index is 15.2. The Balaban J connectivity index is 1.78. The fourth-order valence-electron chi connectivity index (χ4n) is 3.31. The minimum Gasteiger partial charge on any atom is -0.478 e. The average Bonchev–Trinajstić information content (AvgIpc) is 3.29. The fourth-order valence-corrected chi connectivity index (χ4v) is 4.61. The molecule has 0 bridgehead atoms. The number of unbranched alkanes of at least 4 members (excludes halogenated alkanes) is 1. The maximum Gasteiger partial charge on any atom is 0.331 e. The van der Waals surface area contributed by atoms with Gasteiger partial charge in [0, 0.05) is 39.8 Å². The molecule has 3 aromatic rings. The monoisotopic (exact) mass is 550 g/mol. The lowest BCUT2D eigenvalue weighted by atomic mass is 10.0. The number of nitrogens with one attached hydrogen (secondary N) is 1. The second-order valence-electron chi connectivity index (χ2n) is 8.05. The van der Waals surface area contributed by atoms with Crippen molar-refractivity contribution in [2.75, 3.05) is 11.9 Å². The Morgan fingerprint density at radius 2 is 1.97 bits per heavy atom. The van der Waals surface area contributed by atoms with Crippen LogP contribution in [0.2, 0.25) is 10.0 Å². The van der Waals surface area contributed by atoms with Crippen LogP contribution in [0.5, 0.6) is 0 Å². The lowest BCUT2D eigenvalue weighted by Crippen LogP contribution is -2.12. The number of carboxylic acids is 1. The van der Waals surface area contributed by atoms with Crippen LogP contribution >= 0.6 is 34.5 Å². The summed E-state index contributed by atoms with van der Waals surface area (Å²) in [5.74, 6) is -2.04. The number of halogens is 3. The van der Waals surface area contributed by atoms with Gasteiger partial charge in [0.25, 0.3) is 5.91 Å². The molecule has 1 unspecified atom stereocenters. The van der Waals surface area contributed by atoms with Gasteiger partial charge in [-0.15, -0.1) is 11.3 Å². The van der Waals surface area contributed by atoms with Crippen LogP contribution < -0.4 is 5.32 Å². The minimum atomic E-state index is -1.11. The molecule has 6 nitrogen and oxygen atoms in total. The average molecular weight is 551 g/mol. The highest BCUT2D eigenvalue weighted by Gasteiger charge is 2.19. The predicted octanol–water partition coefficient (Wildman–Crippen LogP) is 7.87. The molecular weight excluding hydrogens is 526 g/mol. The quantitative estimate of drug-likeness (QED) is 0.198. The number of carboxylic acid groups (broad SMARTS) is 1. The molecule has 36 heavy (non-hydrogen) atoms. The summed E-state index contributed by atoms with van der Waals surface area (Å²) in [7, 11) is 0. The second kappa shape index (κ2) is 12.5. The number of thiazole rings is 1. The third-order valence-electron chi connectivity index (χ3n) is 5.37. The smallest absolute Gasteiger partial charge is 0.331 e. The Morgan fingerprint density at radius 1 is 1.28 bits per heavy atom. The number of benzene rings is 2. The van der Waals surface area contributed by atoms with Crippen molar-refractivity contribution in [3.63, 3.8) is 0 Å². The van der Waals surface area contributed by atoms with Gasteiger partial charge in [-0.25, -0.2) is 14.2 Å². The van der Waals surface area contributed by atoms with Crippen LogP contribution in [-0.4, -0.2) is 28.6 Å². The van der Waals surface area contributed by atoms with E-state index < -0.39 is 23.8 Å². The first-order valence-electron chi connectivity index (χ1n) is 11.2. The highest BCUT2D eigenvalue weighted by Crippen LogP contribution is 2.33. The molecule has 2 N–H and O–H groups in total. The zero-order valence-electron chi connectivity index (χ0n) is 19.9. The minimum absolute atomic E-state index is 0.0459. The van der Waals surface area contributed by atoms with Gasteiger partial charge in [-0.2, -0.15) is 0 Å². The number of carbonyl (C=O) groups excluding carboxylic acids is 1. The molecule has 0 aliphatic heterocycles. The molecule has 1 atom stereocenters. The number of ether oxygens (including phenoxy) is 1. The lowest BCUT2D eigenvalue weighted by Gasteiger charge is -2.15. The van der Waals surface area contributed by atoms with Gasteiger partial charge in [-0.3, -0.25) is 10.1 Å². The van der Waals surface area contributed by atoms with Crippen molar-refractivity contribution in [3.8, 4) is 11.3 Å². The fraction of sp³-hybridized carbons (Fsp3) is 0.269. The Kier molecular flexibility index (Phi) is 9.62. The topological polar surface area (TPSA) is 88.5 Å². The van der Waals surface area contributed by atoms with E-state index in [4.69, 9.17) is 33.0 Å². The number of anilines is 1. The highest BCUT2D eigenvalue weighted by atomic mass is 35.5. The van der Waals surface area contributed by atoms with Gasteiger partial charge < -0.3 is 9.84 Å². The van der Waals surface area contributed by atoms with E-state index >= 15 is 4.39 Å². The largest absolute Gasteiger partial charge is 0.478 e. The van der Waals surface area contributed by atoms with Gasteiger partial charge in [0.2, 0.25) is 0 Å². The van der Waals surface area contributed by atoms with E-state index in [1.165, 1.54) is 25.1 Å². The lowest BCUT2D eigenvalue weighted by molar-refractivity contribution is -0.132. The first kappa shape index (κ1) is 27.8. The molecule has 0 saturated carbocycles. The Labute approximate surface area is 222 Å². The van der Waals surface area contributed by atoms with Crippen LogP contribution in [0.3, 0.4) is 0 Å². The van der Waals surface area contributed by atoms with Gasteiger partial charge in [-0.05, 0) is 44.5 Å². The van der Waals surface area contributed by atoms with E-state index in [1.54, 1.807) is 23.6 Å². The number of hydrogen-bond donors (Lipinski definition) is 2. The molecule has 1 aromatic heterocycles. The molecule has 0 aliphatic carbocycles. The molecule has 0 fully saturated rings.